The highest BCUT2D eigenvalue weighted by Gasteiger charge is 2.15. The van der Waals surface area contributed by atoms with Gasteiger partial charge in [0.25, 0.3) is 5.56 Å². The van der Waals surface area contributed by atoms with Crippen molar-refractivity contribution in [2.75, 3.05) is 39.9 Å². The van der Waals surface area contributed by atoms with Gasteiger partial charge in [-0.1, -0.05) is 0 Å². The van der Waals surface area contributed by atoms with Crippen LogP contribution in [0.3, 0.4) is 0 Å². The second kappa shape index (κ2) is 7.83. The molecule has 0 spiro atoms. The third kappa shape index (κ3) is 3.61. The van der Waals surface area contributed by atoms with Gasteiger partial charge in [-0.3, -0.25) is 4.79 Å². The number of fused-ring (bicyclic) bond motifs is 2. The van der Waals surface area contributed by atoms with Crippen LogP contribution in [0.25, 0.3) is 10.9 Å². The van der Waals surface area contributed by atoms with Gasteiger partial charge in [0, 0.05) is 41.4 Å². The standard InChI is InChI=1S/C21H22N2O6/c1-25-18-8-14(9-19(26-2)20(18)27-3)22-11-13-6-12-7-16-17(29-5-4-28-16)10-15(12)23-21(13)24/h6-10,22H,4-5,11H2,1-3H3,(H,23,24). The maximum Gasteiger partial charge on any atom is 0.253 e. The molecule has 152 valence electrons. The van der Waals surface area contributed by atoms with Gasteiger partial charge in [0.2, 0.25) is 5.75 Å². The van der Waals surface area contributed by atoms with Gasteiger partial charge in [0.1, 0.15) is 13.2 Å². The average Bonchev–Trinajstić information content (AvgIpc) is 2.75. The summed E-state index contributed by atoms with van der Waals surface area (Å²) in [7, 11) is 4.67. The molecule has 29 heavy (non-hydrogen) atoms. The van der Waals surface area contributed by atoms with E-state index in [1.807, 2.05) is 12.1 Å². The van der Waals surface area contributed by atoms with Gasteiger partial charge in [-0.05, 0) is 12.1 Å². The Bertz CT molecular complexity index is 1080. The summed E-state index contributed by atoms with van der Waals surface area (Å²) in [6.07, 6.45) is 0. The fourth-order valence-electron chi connectivity index (χ4n) is 3.30. The zero-order valence-corrected chi connectivity index (χ0v) is 16.5. The predicted octanol–water partition coefficient (Wildman–Crippen LogP) is 2.94. The van der Waals surface area contributed by atoms with Gasteiger partial charge < -0.3 is 34.0 Å². The molecule has 8 heteroatoms. The van der Waals surface area contributed by atoms with E-state index in [2.05, 4.69) is 10.3 Å². The summed E-state index contributed by atoms with van der Waals surface area (Å²) in [6, 6.07) is 9.10. The van der Waals surface area contributed by atoms with E-state index in [0.717, 1.165) is 11.1 Å². The molecule has 8 nitrogen and oxygen atoms in total. The first-order chi connectivity index (χ1) is 14.1. The van der Waals surface area contributed by atoms with Crippen LogP contribution in [-0.2, 0) is 6.54 Å². The largest absolute Gasteiger partial charge is 0.493 e. The van der Waals surface area contributed by atoms with E-state index in [1.54, 1.807) is 39.5 Å². The molecule has 0 saturated carbocycles. The van der Waals surface area contributed by atoms with E-state index in [-0.39, 0.29) is 5.56 Å². The smallest absolute Gasteiger partial charge is 0.253 e. The summed E-state index contributed by atoms with van der Waals surface area (Å²) in [5.41, 5.74) is 1.86. The van der Waals surface area contributed by atoms with E-state index in [4.69, 9.17) is 23.7 Å². The molecular weight excluding hydrogens is 376 g/mol. The number of hydrogen-bond acceptors (Lipinski definition) is 7. The highest BCUT2D eigenvalue weighted by Crippen LogP contribution is 2.40. The minimum Gasteiger partial charge on any atom is -0.493 e. The van der Waals surface area contributed by atoms with Crippen molar-refractivity contribution in [3.05, 3.63) is 46.2 Å². The van der Waals surface area contributed by atoms with Crippen molar-refractivity contribution < 1.29 is 23.7 Å². The maximum absolute atomic E-state index is 12.5. The molecule has 1 aliphatic rings. The lowest BCUT2D eigenvalue weighted by Crippen LogP contribution is -2.17. The third-order valence-corrected chi connectivity index (χ3v) is 4.73. The Hall–Kier alpha value is -3.55. The Balaban J connectivity index is 1.63. The number of aromatic nitrogens is 1. The molecule has 1 aromatic heterocycles. The maximum atomic E-state index is 12.5. The summed E-state index contributed by atoms with van der Waals surface area (Å²) in [6.45, 7) is 1.33. The van der Waals surface area contributed by atoms with E-state index in [9.17, 15) is 4.79 Å². The number of H-pyrrole nitrogens is 1. The number of rotatable bonds is 6. The lowest BCUT2D eigenvalue weighted by atomic mass is 10.1. The number of hydrogen-bond donors (Lipinski definition) is 2. The molecular formula is C21H22N2O6. The quantitative estimate of drug-likeness (QED) is 0.660. The fourth-order valence-corrected chi connectivity index (χ4v) is 3.30. The van der Waals surface area contributed by atoms with Gasteiger partial charge in [-0.2, -0.15) is 0 Å². The van der Waals surface area contributed by atoms with Crippen LogP contribution in [0.5, 0.6) is 28.7 Å². The van der Waals surface area contributed by atoms with Crippen LogP contribution in [0.15, 0.2) is 35.1 Å². The van der Waals surface area contributed by atoms with Gasteiger partial charge in [-0.15, -0.1) is 0 Å². The molecule has 2 aromatic carbocycles. The monoisotopic (exact) mass is 398 g/mol. The molecule has 2 N–H and O–H groups in total. The molecule has 3 aromatic rings. The molecule has 0 bridgehead atoms. The Kier molecular flexibility index (Phi) is 5.07. The summed E-state index contributed by atoms with van der Waals surface area (Å²) < 4.78 is 27.3. The molecule has 0 unspecified atom stereocenters. The number of ether oxygens (including phenoxy) is 5. The molecule has 1 aliphatic heterocycles. The van der Waals surface area contributed by atoms with E-state index in [0.29, 0.717) is 59.6 Å². The number of methoxy groups -OCH3 is 3. The van der Waals surface area contributed by atoms with Crippen LogP contribution in [0.1, 0.15) is 5.56 Å². The Morgan fingerprint density at radius 2 is 1.59 bits per heavy atom. The van der Waals surface area contributed by atoms with Crippen molar-refractivity contribution in [1.29, 1.82) is 0 Å². The normalized spacial score (nSPS) is 12.5. The number of anilines is 1. The number of benzene rings is 2. The Morgan fingerprint density at radius 1 is 0.931 bits per heavy atom. The average molecular weight is 398 g/mol. The SMILES string of the molecule is COc1cc(NCc2cc3cc4c(cc3[nH]c2=O)OCCO4)cc(OC)c1OC. The van der Waals surface area contributed by atoms with Gasteiger partial charge in [-0.25, -0.2) is 0 Å². The second-order valence-electron chi connectivity index (χ2n) is 6.47. The van der Waals surface area contributed by atoms with Gasteiger partial charge >= 0.3 is 0 Å². The van der Waals surface area contributed by atoms with Crippen LogP contribution in [0.2, 0.25) is 0 Å². The summed E-state index contributed by atoms with van der Waals surface area (Å²) in [4.78, 5) is 15.4. The highest BCUT2D eigenvalue weighted by atomic mass is 16.6. The summed E-state index contributed by atoms with van der Waals surface area (Å²) in [5.74, 6) is 2.90. The van der Waals surface area contributed by atoms with Crippen molar-refractivity contribution in [3.63, 3.8) is 0 Å². The van der Waals surface area contributed by atoms with E-state index in [1.165, 1.54) is 0 Å². The molecule has 0 amide bonds. The van der Waals surface area contributed by atoms with Crippen molar-refractivity contribution in [3.8, 4) is 28.7 Å². The lowest BCUT2D eigenvalue weighted by molar-refractivity contribution is 0.172. The summed E-state index contributed by atoms with van der Waals surface area (Å²) >= 11 is 0. The molecule has 0 radical (unpaired) electrons. The van der Waals surface area contributed by atoms with Crippen molar-refractivity contribution >= 4 is 16.6 Å². The molecule has 0 atom stereocenters. The predicted molar refractivity (Wildman–Crippen MR) is 109 cm³/mol. The molecule has 0 saturated heterocycles. The zero-order valence-electron chi connectivity index (χ0n) is 16.5. The van der Waals surface area contributed by atoms with Crippen LogP contribution in [0, 0.1) is 0 Å². The minimum absolute atomic E-state index is 0.172. The molecule has 4 rings (SSSR count). The van der Waals surface area contributed by atoms with Crippen molar-refractivity contribution in [2.45, 2.75) is 6.54 Å². The molecule has 0 fully saturated rings. The van der Waals surface area contributed by atoms with Crippen LogP contribution in [-0.4, -0.2) is 39.5 Å². The van der Waals surface area contributed by atoms with Crippen molar-refractivity contribution in [1.82, 2.24) is 4.98 Å². The lowest BCUT2D eigenvalue weighted by Gasteiger charge is -2.19. The number of aromatic amines is 1. The second-order valence-corrected chi connectivity index (χ2v) is 6.47. The number of pyridine rings is 1. The zero-order chi connectivity index (χ0) is 20.4. The number of nitrogens with one attached hydrogen (secondary N) is 2. The highest BCUT2D eigenvalue weighted by molar-refractivity contribution is 5.83. The van der Waals surface area contributed by atoms with Crippen LogP contribution >= 0.6 is 0 Å². The van der Waals surface area contributed by atoms with Gasteiger partial charge in [0.05, 0.1) is 26.8 Å². The first-order valence-electron chi connectivity index (χ1n) is 9.12. The topological polar surface area (TPSA) is 91.0 Å². The first-order valence-corrected chi connectivity index (χ1v) is 9.12. The van der Waals surface area contributed by atoms with E-state index >= 15 is 0 Å². The van der Waals surface area contributed by atoms with Crippen molar-refractivity contribution in [2.24, 2.45) is 0 Å². The third-order valence-electron chi connectivity index (χ3n) is 4.73. The van der Waals surface area contributed by atoms with Crippen LogP contribution < -0.4 is 34.6 Å². The molecule has 2 heterocycles. The van der Waals surface area contributed by atoms with Gasteiger partial charge in [0.15, 0.2) is 23.0 Å². The van der Waals surface area contributed by atoms with Crippen LogP contribution in [0.4, 0.5) is 5.69 Å². The first kappa shape index (κ1) is 18.8. The minimum atomic E-state index is -0.172. The Labute approximate surface area is 167 Å². The molecule has 0 aliphatic carbocycles. The van der Waals surface area contributed by atoms with E-state index < -0.39 is 0 Å². The Morgan fingerprint density at radius 3 is 2.21 bits per heavy atom. The fraction of sp³-hybridized carbons (Fsp3) is 0.286. The summed E-state index contributed by atoms with van der Waals surface area (Å²) in [5, 5.41) is 4.11.